The second kappa shape index (κ2) is 6.15. The van der Waals surface area contributed by atoms with Crippen molar-refractivity contribution in [3.63, 3.8) is 0 Å². The fraction of sp³-hybridized carbons (Fsp3) is 0.286. The molecule has 0 radical (unpaired) electrons. The minimum absolute atomic E-state index is 0.160. The maximum Gasteiger partial charge on any atom is 0.307 e. The minimum atomic E-state index is -0.378. The monoisotopic (exact) mass is 259 g/mol. The zero-order chi connectivity index (χ0) is 13.7. The Bertz CT molecular complexity index is 537. The average Bonchev–Trinajstić information content (AvgIpc) is 2.88. The number of carbonyl (C=O) groups excluding carboxylic acids is 1. The van der Waals surface area contributed by atoms with Crippen molar-refractivity contribution in [2.24, 2.45) is 5.73 Å². The van der Waals surface area contributed by atoms with Crippen molar-refractivity contribution < 1.29 is 9.53 Å². The first kappa shape index (κ1) is 13.3. The highest BCUT2D eigenvalue weighted by atomic mass is 16.5. The summed E-state index contributed by atoms with van der Waals surface area (Å²) < 4.78 is 6.41. The first-order valence-electron chi connectivity index (χ1n) is 6.07. The lowest BCUT2D eigenvalue weighted by molar-refractivity contribution is -0.141. The van der Waals surface area contributed by atoms with Gasteiger partial charge in [-0.2, -0.15) is 5.10 Å². The second-order valence-corrected chi connectivity index (χ2v) is 4.34. The van der Waals surface area contributed by atoms with Crippen LogP contribution < -0.4 is 5.73 Å². The van der Waals surface area contributed by atoms with Gasteiger partial charge in [-0.25, -0.2) is 0 Å². The van der Waals surface area contributed by atoms with E-state index in [-0.39, 0.29) is 18.4 Å². The summed E-state index contributed by atoms with van der Waals surface area (Å²) in [5.74, 6) is -0.316. The number of methoxy groups -OCH3 is 1. The Morgan fingerprint density at radius 3 is 2.84 bits per heavy atom. The quantitative estimate of drug-likeness (QED) is 0.826. The van der Waals surface area contributed by atoms with Crippen molar-refractivity contribution in [3.05, 3.63) is 53.9 Å². The van der Waals surface area contributed by atoms with Crippen molar-refractivity contribution in [3.8, 4) is 0 Å². The lowest BCUT2D eigenvalue weighted by Gasteiger charge is -2.07. The first-order valence-corrected chi connectivity index (χ1v) is 6.07. The average molecular weight is 259 g/mol. The summed E-state index contributed by atoms with van der Waals surface area (Å²) in [4.78, 5) is 11.2. The van der Waals surface area contributed by atoms with Crippen LogP contribution in [0.15, 0.2) is 42.7 Å². The van der Waals surface area contributed by atoms with Crippen LogP contribution in [0.4, 0.5) is 0 Å². The molecule has 0 aliphatic carbocycles. The van der Waals surface area contributed by atoms with Gasteiger partial charge in [-0.15, -0.1) is 0 Å². The molecule has 100 valence electrons. The third kappa shape index (κ3) is 3.66. The summed E-state index contributed by atoms with van der Waals surface area (Å²) in [5.41, 5.74) is 7.92. The van der Waals surface area contributed by atoms with E-state index in [2.05, 4.69) is 9.84 Å². The molecule has 0 unspecified atom stereocenters. The Kier molecular flexibility index (Phi) is 4.30. The molecule has 0 amide bonds. The highest BCUT2D eigenvalue weighted by molar-refractivity contribution is 5.70. The van der Waals surface area contributed by atoms with Gasteiger partial charge in [-0.1, -0.05) is 30.3 Å². The number of nitrogens with two attached hydrogens (primary N) is 1. The van der Waals surface area contributed by atoms with Gasteiger partial charge >= 0.3 is 5.97 Å². The van der Waals surface area contributed by atoms with E-state index < -0.39 is 0 Å². The Balaban J connectivity index is 2.01. The Morgan fingerprint density at radius 1 is 1.42 bits per heavy atom. The molecule has 2 N–H and O–H groups in total. The van der Waals surface area contributed by atoms with E-state index in [1.54, 1.807) is 6.20 Å². The summed E-state index contributed by atoms with van der Waals surface area (Å²) in [6, 6.07) is 9.65. The molecule has 0 saturated heterocycles. The van der Waals surface area contributed by atoms with Crippen LogP contribution in [0.2, 0.25) is 0 Å². The number of hydrogen-bond donors (Lipinski definition) is 1. The number of esters is 1. The molecule has 5 nitrogen and oxygen atoms in total. The standard InChI is InChI=1S/C14H17N3O2/c1-19-14(18)7-13(15)12-8-16-17(10-12)9-11-5-3-2-4-6-11/h2-6,8,10,13H,7,9,15H2,1H3/t13-/m0/s1. The van der Waals surface area contributed by atoms with Crippen LogP contribution in [-0.4, -0.2) is 22.9 Å². The van der Waals surface area contributed by atoms with Gasteiger partial charge in [0.1, 0.15) is 0 Å². The molecule has 19 heavy (non-hydrogen) atoms. The molecule has 0 fully saturated rings. The maximum absolute atomic E-state index is 11.2. The van der Waals surface area contributed by atoms with Gasteiger partial charge in [0.2, 0.25) is 0 Å². The van der Waals surface area contributed by atoms with Gasteiger partial charge < -0.3 is 10.5 Å². The van der Waals surface area contributed by atoms with E-state index in [1.165, 1.54) is 12.7 Å². The van der Waals surface area contributed by atoms with Crippen LogP contribution in [0.3, 0.4) is 0 Å². The fourth-order valence-corrected chi connectivity index (χ4v) is 1.81. The fourth-order valence-electron chi connectivity index (χ4n) is 1.81. The van der Waals surface area contributed by atoms with Gasteiger partial charge in [-0.3, -0.25) is 9.48 Å². The zero-order valence-electron chi connectivity index (χ0n) is 10.8. The molecule has 0 bridgehead atoms. The number of nitrogens with zero attached hydrogens (tertiary/aromatic N) is 2. The van der Waals surface area contributed by atoms with E-state index in [9.17, 15) is 4.79 Å². The number of carbonyl (C=O) groups is 1. The molecule has 1 heterocycles. The SMILES string of the molecule is COC(=O)C[C@H](N)c1cnn(Cc2ccccc2)c1. The van der Waals surface area contributed by atoms with E-state index in [1.807, 2.05) is 41.2 Å². The summed E-state index contributed by atoms with van der Waals surface area (Å²) in [6.07, 6.45) is 3.71. The van der Waals surface area contributed by atoms with Gasteiger partial charge in [0.25, 0.3) is 0 Å². The van der Waals surface area contributed by atoms with Crippen LogP contribution in [0.5, 0.6) is 0 Å². The summed E-state index contributed by atoms with van der Waals surface area (Å²) in [5, 5.41) is 4.25. The largest absolute Gasteiger partial charge is 0.469 e. The Morgan fingerprint density at radius 2 is 2.16 bits per heavy atom. The van der Waals surface area contributed by atoms with E-state index in [0.29, 0.717) is 6.54 Å². The first-order chi connectivity index (χ1) is 9.19. The predicted molar refractivity (Wildman–Crippen MR) is 71.3 cm³/mol. The van der Waals surface area contributed by atoms with E-state index in [0.717, 1.165) is 5.56 Å². The Labute approximate surface area is 112 Å². The zero-order valence-corrected chi connectivity index (χ0v) is 10.8. The van der Waals surface area contributed by atoms with Crippen molar-refractivity contribution in [2.75, 3.05) is 7.11 Å². The molecule has 5 heteroatoms. The highest BCUT2D eigenvalue weighted by Gasteiger charge is 2.13. The van der Waals surface area contributed by atoms with E-state index >= 15 is 0 Å². The molecular formula is C14H17N3O2. The molecule has 0 aliphatic rings. The molecule has 1 atom stereocenters. The molecule has 2 aromatic rings. The number of ether oxygens (including phenoxy) is 1. The predicted octanol–water partition coefficient (Wildman–Crippen LogP) is 1.49. The third-order valence-electron chi connectivity index (χ3n) is 2.88. The van der Waals surface area contributed by atoms with Crippen LogP contribution >= 0.6 is 0 Å². The topological polar surface area (TPSA) is 70.1 Å². The van der Waals surface area contributed by atoms with Crippen molar-refractivity contribution >= 4 is 5.97 Å². The van der Waals surface area contributed by atoms with Crippen LogP contribution in [0.1, 0.15) is 23.6 Å². The summed E-state index contributed by atoms with van der Waals surface area (Å²) in [6.45, 7) is 0.686. The smallest absolute Gasteiger partial charge is 0.307 e. The van der Waals surface area contributed by atoms with Crippen molar-refractivity contribution in [1.82, 2.24) is 9.78 Å². The maximum atomic E-state index is 11.2. The van der Waals surface area contributed by atoms with Crippen LogP contribution in [0, 0.1) is 0 Å². The van der Waals surface area contributed by atoms with Crippen molar-refractivity contribution in [1.29, 1.82) is 0 Å². The summed E-state index contributed by atoms with van der Waals surface area (Å²) >= 11 is 0. The van der Waals surface area contributed by atoms with Crippen molar-refractivity contribution in [2.45, 2.75) is 19.0 Å². The normalized spacial score (nSPS) is 12.1. The second-order valence-electron chi connectivity index (χ2n) is 4.34. The lowest BCUT2D eigenvalue weighted by atomic mass is 10.1. The minimum Gasteiger partial charge on any atom is -0.469 e. The third-order valence-corrected chi connectivity index (χ3v) is 2.88. The van der Waals surface area contributed by atoms with Gasteiger partial charge in [0.05, 0.1) is 26.3 Å². The Hall–Kier alpha value is -2.14. The van der Waals surface area contributed by atoms with Gasteiger partial charge in [0, 0.05) is 17.8 Å². The highest BCUT2D eigenvalue weighted by Crippen LogP contribution is 2.14. The van der Waals surface area contributed by atoms with E-state index in [4.69, 9.17) is 5.73 Å². The number of rotatable bonds is 5. The molecule has 2 rings (SSSR count). The van der Waals surface area contributed by atoms with Gasteiger partial charge in [-0.05, 0) is 5.56 Å². The number of benzene rings is 1. The molecule has 1 aromatic heterocycles. The molecule has 0 aliphatic heterocycles. The number of hydrogen-bond acceptors (Lipinski definition) is 4. The molecular weight excluding hydrogens is 242 g/mol. The van der Waals surface area contributed by atoms with Gasteiger partial charge in [0.15, 0.2) is 0 Å². The molecule has 0 saturated carbocycles. The van der Waals surface area contributed by atoms with Crippen LogP contribution in [0.25, 0.3) is 0 Å². The molecule has 1 aromatic carbocycles. The number of aromatic nitrogens is 2. The molecule has 0 spiro atoms. The lowest BCUT2D eigenvalue weighted by Crippen LogP contribution is -2.15. The summed E-state index contributed by atoms with van der Waals surface area (Å²) in [7, 11) is 1.36. The van der Waals surface area contributed by atoms with Crippen LogP contribution in [-0.2, 0) is 16.1 Å².